The molecule has 0 N–H and O–H groups in total. The van der Waals surface area contributed by atoms with Crippen molar-refractivity contribution in [3.8, 4) is 0 Å². The molecule has 0 heterocycles. The van der Waals surface area contributed by atoms with Crippen molar-refractivity contribution in [1.29, 1.82) is 0 Å². The Balaban J connectivity index is 6.01. The fraction of sp³-hybridized carbons (Fsp3) is 1.00. The average Bonchev–Trinajstić information content (AvgIpc) is 2.72. The highest BCUT2D eigenvalue weighted by atomic mass is 33.1. The molecule has 6 nitrogen and oxygen atoms in total. The summed E-state index contributed by atoms with van der Waals surface area (Å²) in [6.45, 7) is 15.4. The topological polar surface area (TPSA) is 55.4 Å². The van der Waals surface area contributed by atoms with E-state index in [9.17, 15) is 0 Å². The molecule has 182 valence electrons. The summed E-state index contributed by atoms with van der Waals surface area (Å²) in [5.74, 6) is 0. The minimum atomic E-state index is -0.925. The lowest BCUT2D eigenvalue weighted by Crippen LogP contribution is -2.49. The Hall–Kier alpha value is 0.894. The quantitative estimate of drug-likeness (QED) is 0.135. The number of ether oxygens (including phenoxy) is 6. The van der Waals surface area contributed by atoms with Crippen molar-refractivity contribution >= 4 is 42.1 Å². The fourth-order valence-corrected chi connectivity index (χ4v) is 7.68. The maximum atomic E-state index is 6.25. The second-order valence-electron chi connectivity index (χ2n) is 6.57. The van der Waals surface area contributed by atoms with Crippen LogP contribution in [0.25, 0.3) is 0 Å². The molecule has 0 saturated carbocycles. The first-order valence-electron chi connectivity index (χ1n) is 11.6. The van der Waals surface area contributed by atoms with Gasteiger partial charge in [-0.15, -0.1) is 0 Å². The van der Waals surface area contributed by atoms with Crippen LogP contribution in [0.4, 0.5) is 0 Å². The standard InChI is InChI=1S/C20H46O6S2Si2/c1-7-21-17(13-15-29)19(23-9-3,24-10-4)27-28-20(25-11-5,26-12-6)18(14-16-30)22-8-2/h17-18H,7-16H2,1-6,29-30H3. The first kappa shape index (κ1) is 30.9. The monoisotopic (exact) mass is 502 g/mol. The predicted octanol–water partition coefficient (Wildman–Crippen LogP) is 2.98. The lowest BCUT2D eigenvalue weighted by molar-refractivity contribution is -0.231. The molecule has 0 rings (SSSR count). The maximum Gasteiger partial charge on any atom is 0.255 e. The molecular formula is C20H46O6S2Si2. The van der Waals surface area contributed by atoms with E-state index in [1.165, 1.54) is 21.6 Å². The highest BCUT2D eigenvalue weighted by Crippen LogP contribution is 2.51. The van der Waals surface area contributed by atoms with Crippen molar-refractivity contribution in [1.82, 2.24) is 0 Å². The molecule has 0 aliphatic heterocycles. The molecule has 0 bridgehead atoms. The molecule has 0 aliphatic carbocycles. The van der Waals surface area contributed by atoms with E-state index in [4.69, 9.17) is 28.4 Å². The van der Waals surface area contributed by atoms with Crippen LogP contribution in [0.15, 0.2) is 0 Å². The van der Waals surface area contributed by atoms with Gasteiger partial charge >= 0.3 is 0 Å². The van der Waals surface area contributed by atoms with Crippen LogP contribution >= 0.6 is 21.6 Å². The van der Waals surface area contributed by atoms with Crippen molar-refractivity contribution in [3.05, 3.63) is 0 Å². The number of hydrogen-bond donors (Lipinski definition) is 0. The summed E-state index contributed by atoms with van der Waals surface area (Å²) in [6.07, 6.45) is 1.48. The molecule has 10 heteroatoms. The van der Waals surface area contributed by atoms with Crippen LogP contribution in [0.1, 0.15) is 54.4 Å². The van der Waals surface area contributed by atoms with E-state index in [0.717, 1.165) is 45.4 Å². The minimum Gasteiger partial charge on any atom is -0.372 e. The van der Waals surface area contributed by atoms with Crippen LogP contribution in [0.2, 0.25) is 12.1 Å². The van der Waals surface area contributed by atoms with Gasteiger partial charge in [-0.25, -0.2) is 0 Å². The molecule has 0 aromatic heterocycles. The van der Waals surface area contributed by atoms with Gasteiger partial charge in [-0.3, -0.25) is 0 Å². The second-order valence-corrected chi connectivity index (χ2v) is 11.0. The summed E-state index contributed by atoms with van der Waals surface area (Å²) < 4.78 is 37.3. The second kappa shape index (κ2) is 18.3. The van der Waals surface area contributed by atoms with E-state index in [2.05, 4.69) is 0 Å². The van der Waals surface area contributed by atoms with Crippen molar-refractivity contribution in [3.63, 3.8) is 0 Å². The number of hydrogen-bond acceptors (Lipinski definition) is 8. The van der Waals surface area contributed by atoms with Gasteiger partial charge in [0.05, 0.1) is 0 Å². The Morgan fingerprint density at radius 1 is 0.567 bits per heavy atom. The third-order valence-corrected chi connectivity index (χ3v) is 8.63. The van der Waals surface area contributed by atoms with Gasteiger partial charge in [0.1, 0.15) is 12.2 Å². The lowest BCUT2D eigenvalue weighted by atomic mass is 10.2. The van der Waals surface area contributed by atoms with Crippen LogP contribution in [-0.4, -0.2) is 82.6 Å². The third-order valence-electron chi connectivity index (χ3n) is 4.28. The Bertz CT molecular complexity index is 349. The molecule has 0 aliphatic rings. The van der Waals surface area contributed by atoms with Gasteiger partial charge < -0.3 is 28.4 Å². The van der Waals surface area contributed by atoms with Crippen molar-refractivity contribution < 1.29 is 28.4 Å². The van der Waals surface area contributed by atoms with Crippen LogP contribution in [-0.2, 0) is 28.4 Å². The summed E-state index contributed by atoms with van der Waals surface area (Å²) in [5, 5.41) is -1.85. The van der Waals surface area contributed by atoms with E-state index in [1.54, 1.807) is 0 Å². The zero-order valence-corrected chi connectivity index (χ0v) is 26.1. The SMILES string of the molecule is CCOC(CC[SiH3])C(OCC)(OCC)SSC(OCC)(OCC)C(CC[SiH3])OCC. The minimum absolute atomic E-state index is 0.164. The lowest BCUT2D eigenvalue weighted by Gasteiger charge is -2.43. The van der Waals surface area contributed by atoms with E-state index in [1.807, 2.05) is 41.5 Å². The maximum absolute atomic E-state index is 6.25. The van der Waals surface area contributed by atoms with E-state index >= 15 is 0 Å². The smallest absolute Gasteiger partial charge is 0.255 e. The summed E-state index contributed by atoms with van der Waals surface area (Å²) in [6, 6.07) is 2.23. The summed E-state index contributed by atoms with van der Waals surface area (Å²) in [5.41, 5.74) is 0. The largest absolute Gasteiger partial charge is 0.372 e. The average molecular weight is 503 g/mol. The molecule has 2 unspecified atom stereocenters. The fourth-order valence-electron chi connectivity index (χ4n) is 3.23. The molecule has 0 fully saturated rings. The molecule has 0 saturated heterocycles. The Labute approximate surface area is 198 Å². The zero-order chi connectivity index (χ0) is 22.9. The van der Waals surface area contributed by atoms with E-state index < -0.39 is 10.2 Å². The van der Waals surface area contributed by atoms with Gasteiger partial charge in [0.15, 0.2) is 0 Å². The summed E-state index contributed by atoms with van der Waals surface area (Å²) >= 11 is 0. The first-order valence-corrected chi connectivity index (χ1v) is 16.6. The molecule has 0 radical (unpaired) electrons. The van der Waals surface area contributed by atoms with Gasteiger partial charge in [0, 0.05) is 60.1 Å². The van der Waals surface area contributed by atoms with Gasteiger partial charge in [-0.05, 0) is 76.0 Å². The van der Waals surface area contributed by atoms with E-state index in [0.29, 0.717) is 39.6 Å². The molecular weight excluding hydrogens is 457 g/mol. The molecule has 2 atom stereocenters. The normalized spacial score (nSPS) is 15.0. The molecule has 30 heavy (non-hydrogen) atoms. The summed E-state index contributed by atoms with van der Waals surface area (Å²) in [4.78, 5) is 0. The molecule has 0 aromatic carbocycles. The summed E-state index contributed by atoms with van der Waals surface area (Å²) in [7, 11) is 5.25. The molecule has 0 aromatic rings. The Morgan fingerprint density at radius 3 is 1.07 bits per heavy atom. The van der Waals surface area contributed by atoms with Crippen molar-refractivity contribution in [2.45, 2.75) is 88.9 Å². The van der Waals surface area contributed by atoms with Crippen LogP contribution in [0.3, 0.4) is 0 Å². The number of rotatable bonds is 21. The Morgan fingerprint density at radius 2 is 0.867 bits per heavy atom. The van der Waals surface area contributed by atoms with Crippen LogP contribution in [0.5, 0.6) is 0 Å². The highest BCUT2D eigenvalue weighted by molar-refractivity contribution is 8.77. The van der Waals surface area contributed by atoms with Crippen molar-refractivity contribution in [2.24, 2.45) is 0 Å². The first-order chi connectivity index (χ1) is 14.5. The van der Waals surface area contributed by atoms with Crippen LogP contribution in [0, 0.1) is 0 Å². The third kappa shape index (κ3) is 9.80. The van der Waals surface area contributed by atoms with E-state index in [-0.39, 0.29) is 12.2 Å². The van der Waals surface area contributed by atoms with Crippen molar-refractivity contribution in [2.75, 3.05) is 39.6 Å². The Kier molecular flexibility index (Phi) is 18.9. The zero-order valence-electron chi connectivity index (χ0n) is 20.5. The van der Waals surface area contributed by atoms with Gasteiger partial charge in [0.25, 0.3) is 10.2 Å². The molecule has 0 amide bonds. The predicted molar refractivity (Wildman–Crippen MR) is 137 cm³/mol. The van der Waals surface area contributed by atoms with Crippen LogP contribution < -0.4 is 0 Å². The van der Waals surface area contributed by atoms with Gasteiger partial charge in [-0.1, -0.05) is 12.1 Å². The van der Waals surface area contributed by atoms with Gasteiger partial charge in [-0.2, -0.15) is 0 Å². The van der Waals surface area contributed by atoms with Gasteiger partial charge in [0.2, 0.25) is 0 Å². The highest BCUT2D eigenvalue weighted by Gasteiger charge is 2.49. The molecule has 0 spiro atoms.